The summed E-state index contributed by atoms with van der Waals surface area (Å²) in [5.74, 6) is 0. The predicted octanol–water partition coefficient (Wildman–Crippen LogP) is 3.79. The molecule has 0 radical (unpaired) electrons. The van der Waals surface area contributed by atoms with Crippen LogP contribution in [0.3, 0.4) is 0 Å². The van der Waals surface area contributed by atoms with Gasteiger partial charge in [0.1, 0.15) is 0 Å². The number of aryl methyl sites for hydroxylation is 3. The van der Waals surface area contributed by atoms with Crippen molar-refractivity contribution in [3.63, 3.8) is 0 Å². The maximum absolute atomic E-state index is 4.54. The maximum atomic E-state index is 4.54. The van der Waals surface area contributed by atoms with E-state index in [4.69, 9.17) is 0 Å². The van der Waals surface area contributed by atoms with E-state index in [1.165, 1.54) is 22.3 Å². The Morgan fingerprint density at radius 3 is 2.48 bits per heavy atom. The molecule has 1 aromatic heterocycles. The summed E-state index contributed by atoms with van der Waals surface area (Å²) in [6, 6.07) is 10.9. The Kier molecular flexibility index (Phi) is 3.83. The summed E-state index contributed by atoms with van der Waals surface area (Å²) < 4.78 is 8.98. The standard InChI is InChI=1S/C17H19N3Se/c1-10-8-11(2)16(12(3)9-10)13(4)18-14-6-5-7-15-17(14)20-21-19-15/h5-9,13,18H,1-4H3. The first-order valence-electron chi connectivity index (χ1n) is 7.12. The normalized spacial score (nSPS) is 12.6. The second kappa shape index (κ2) is 5.63. The zero-order valence-electron chi connectivity index (χ0n) is 12.8. The number of aromatic nitrogens is 2. The molecule has 1 N–H and O–H groups in total. The Labute approximate surface area is 131 Å². The number of hydrogen-bond acceptors (Lipinski definition) is 3. The molecule has 108 valence electrons. The summed E-state index contributed by atoms with van der Waals surface area (Å²) in [5, 5.41) is 3.62. The Morgan fingerprint density at radius 1 is 1.05 bits per heavy atom. The molecule has 21 heavy (non-hydrogen) atoms. The van der Waals surface area contributed by atoms with Crippen molar-refractivity contribution in [3.8, 4) is 0 Å². The van der Waals surface area contributed by atoms with Gasteiger partial charge in [-0.15, -0.1) is 0 Å². The van der Waals surface area contributed by atoms with Crippen LogP contribution in [0.2, 0.25) is 0 Å². The zero-order valence-corrected chi connectivity index (χ0v) is 14.5. The van der Waals surface area contributed by atoms with Crippen LogP contribution in [0.5, 0.6) is 0 Å². The summed E-state index contributed by atoms with van der Waals surface area (Å²) in [6.45, 7) is 8.73. The molecule has 0 aliphatic carbocycles. The minimum atomic E-state index is 0.0129. The summed E-state index contributed by atoms with van der Waals surface area (Å²) in [4.78, 5) is 0. The SMILES string of the molecule is Cc1cc(C)c(C(C)Nc2cccc3n[se]nc23)c(C)c1. The number of benzene rings is 2. The molecule has 3 nitrogen and oxygen atoms in total. The predicted molar refractivity (Wildman–Crippen MR) is 89.2 cm³/mol. The summed E-state index contributed by atoms with van der Waals surface area (Å²) in [6.07, 6.45) is 0. The first kappa shape index (κ1) is 14.3. The van der Waals surface area contributed by atoms with Crippen molar-refractivity contribution in [3.05, 3.63) is 52.6 Å². The van der Waals surface area contributed by atoms with Crippen molar-refractivity contribution in [2.24, 2.45) is 0 Å². The average molecular weight is 344 g/mol. The van der Waals surface area contributed by atoms with Gasteiger partial charge < -0.3 is 0 Å². The van der Waals surface area contributed by atoms with Gasteiger partial charge in [-0.25, -0.2) is 0 Å². The summed E-state index contributed by atoms with van der Waals surface area (Å²) >= 11 is 0.0129. The molecule has 0 saturated heterocycles. The molecule has 0 aliphatic rings. The Bertz CT molecular complexity index is 769. The number of fused-ring (bicyclic) bond motifs is 1. The fourth-order valence-electron chi connectivity index (χ4n) is 3.10. The monoisotopic (exact) mass is 345 g/mol. The van der Waals surface area contributed by atoms with Gasteiger partial charge >= 0.3 is 131 Å². The molecule has 0 aliphatic heterocycles. The van der Waals surface area contributed by atoms with Crippen molar-refractivity contribution in [1.29, 1.82) is 0 Å². The van der Waals surface area contributed by atoms with E-state index in [-0.39, 0.29) is 21.0 Å². The van der Waals surface area contributed by atoms with Crippen molar-refractivity contribution in [2.75, 3.05) is 5.32 Å². The number of anilines is 1. The van der Waals surface area contributed by atoms with Gasteiger partial charge in [0, 0.05) is 0 Å². The van der Waals surface area contributed by atoms with Gasteiger partial charge in [-0.1, -0.05) is 0 Å². The van der Waals surface area contributed by atoms with Crippen LogP contribution in [-0.4, -0.2) is 22.9 Å². The van der Waals surface area contributed by atoms with E-state index in [2.05, 4.69) is 59.2 Å². The van der Waals surface area contributed by atoms with Crippen LogP contribution in [-0.2, 0) is 0 Å². The molecule has 3 rings (SSSR count). The minimum absolute atomic E-state index is 0.0129. The summed E-state index contributed by atoms with van der Waals surface area (Å²) in [5.41, 5.74) is 8.49. The van der Waals surface area contributed by atoms with Crippen LogP contribution in [0.1, 0.15) is 35.2 Å². The second-order valence-corrected chi connectivity index (χ2v) is 6.72. The van der Waals surface area contributed by atoms with E-state index in [9.17, 15) is 0 Å². The number of hydrogen-bond donors (Lipinski definition) is 1. The first-order valence-corrected chi connectivity index (χ1v) is 8.65. The van der Waals surface area contributed by atoms with Crippen molar-refractivity contribution < 1.29 is 0 Å². The molecule has 0 fully saturated rings. The second-order valence-electron chi connectivity index (χ2n) is 5.62. The van der Waals surface area contributed by atoms with Gasteiger partial charge in [0.2, 0.25) is 0 Å². The number of rotatable bonds is 3. The van der Waals surface area contributed by atoms with Crippen LogP contribution >= 0.6 is 0 Å². The Morgan fingerprint density at radius 2 is 1.76 bits per heavy atom. The van der Waals surface area contributed by atoms with Gasteiger partial charge in [0.25, 0.3) is 0 Å². The molecule has 1 unspecified atom stereocenters. The van der Waals surface area contributed by atoms with E-state index in [0.717, 1.165) is 16.7 Å². The van der Waals surface area contributed by atoms with Crippen LogP contribution < -0.4 is 5.32 Å². The topological polar surface area (TPSA) is 37.8 Å². The van der Waals surface area contributed by atoms with Gasteiger partial charge in [0.15, 0.2) is 0 Å². The molecular weight excluding hydrogens is 325 g/mol. The third kappa shape index (κ3) is 2.74. The number of nitrogens with zero attached hydrogens (tertiary/aromatic N) is 2. The summed E-state index contributed by atoms with van der Waals surface area (Å²) in [7, 11) is 0. The van der Waals surface area contributed by atoms with E-state index in [1.807, 2.05) is 12.1 Å². The van der Waals surface area contributed by atoms with Crippen molar-refractivity contribution in [1.82, 2.24) is 7.96 Å². The Balaban J connectivity index is 1.97. The van der Waals surface area contributed by atoms with Crippen LogP contribution in [0.15, 0.2) is 30.3 Å². The fraction of sp³-hybridized carbons (Fsp3) is 0.294. The quantitative estimate of drug-likeness (QED) is 0.735. The van der Waals surface area contributed by atoms with Gasteiger partial charge in [0.05, 0.1) is 0 Å². The van der Waals surface area contributed by atoms with Crippen molar-refractivity contribution in [2.45, 2.75) is 33.7 Å². The van der Waals surface area contributed by atoms with Crippen LogP contribution in [0, 0.1) is 20.8 Å². The average Bonchev–Trinajstić information content (AvgIpc) is 2.86. The molecule has 3 aromatic rings. The molecule has 0 bridgehead atoms. The Hall–Kier alpha value is -1.64. The molecule has 2 aromatic carbocycles. The fourth-order valence-corrected chi connectivity index (χ4v) is 4.26. The third-order valence-electron chi connectivity index (χ3n) is 3.83. The van der Waals surface area contributed by atoms with E-state index in [1.54, 1.807) is 0 Å². The number of nitrogens with one attached hydrogen (secondary N) is 1. The van der Waals surface area contributed by atoms with E-state index < -0.39 is 0 Å². The molecule has 0 spiro atoms. The molecular formula is C17H19N3Se. The van der Waals surface area contributed by atoms with Crippen LogP contribution in [0.4, 0.5) is 5.69 Å². The molecule has 0 saturated carbocycles. The van der Waals surface area contributed by atoms with Gasteiger partial charge in [-0.05, 0) is 0 Å². The van der Waals surface area contributed by atoms with E-state index in [0.29, 0.717) is 0 Å². The van der Waals surface area contributed by atoms with Crippen LogP contribution in [0.25, 0.3) is 11.0 Å². The van der Waals surface area contributed by atoms with Crippen molar-refractivity contribution >= 4 is 31.7 Å². The first-order chi connectivity index (χ1) is 10.1. The molecule has 0 amide bonds. The van der Waals surface area contributed by atoms with Gasteiger partial charge in [-0.2, -0.15) is 0 Å². The molecule has 4 heteroatoms. The third-order valence-corrected chi connectivity index (χ3v) is 4.97. The molecule has 1 heterocycles. The van der Waals surface area contributed by atoms with Gasteiger partial charge in [-0.3, -0.25) is 0 Å². The molecule has 1 atom stereocenters. The van der Waals surface area contributed by atoms with E-state index >= 15 is 0 Å². The zero-order chi connectivity index (χ0) is 15.0.